The van der Waals surface area contributed by atoms with Crippen LogP contribution in [0.3, 0.4) is 0 Å². The van der Waals surface area contributed by atoms with Crippen LogP contribution in [-0.4, -0.2) is 24.6 Å². The molecule has 0 heterocycles. The van der Waals surface area contributed by atoms with Gasteiger partial charge in [0.15, 0.2) is 6.61 Å². The van der Waals surface area contributed by atoms with Crippen LogP contribution in [0.2, 0.25) is 0 Å². The Balaban J connectivity index is 1.46. The summed E-state index contributed by atoms with van der Waals surface area (Å²) in [4.78, 5) is 24.4. The maximum Gasteiger partial charge on any atom is 0.344 e. The van der Waals surface area contributed by atoms with Crippen molar-refractivity contribution in [3.05, 3.63) is 60.2 Å². The highest BCUT2D eigenvalue weighted by atomic mass is 16.6. The highest BCUT2D eigenvalue weighted by Gasteiger charge is 2.33. The number of ether oxygens (including phenoxy) is 2. The first-order valence-electron chi connectivity index (χ1n) is 10.9. The fourth-order valence-corrected chi connectivity index (χ4v) is 4.26. The second-order valence-corrected chi connectivity index (χ2v) is 8.75. The van der Waals surface area contributed by atoms with Gasteiger partial charge in [-0.2, -0.15) is 0 Å². The van der Waals surface area contributed by atoms with E-state index in [0.717, 1.165) is 29.5 Å². The highest BCUT2D eigenvalue weighted by molar-refractivity contribution is 5.78. The maximum atomic E-state index is 12.2. The molecule has 1 aliphatic carbocycles. The molecule has 0 radical (unpaired) electrons. The zero-order chi connectivity index (χ0) is 21.5. The standard InChI is InChI=1S/C26H32O4/c1-18(2)23-14-9-19(3)15-24(23)30-26(28)17-29-25(27)16-20-10-12-22(13-11-20)21-7-5-4-6-8-21/h4-8,10-13,18-19,23-24H,9,14-17H2,1-3H3/t19-,23+,24+/m1/s1. The fraction of sp³-hybridized carbons (Fsp3) is 0.462. The average molecular weight is 409 g/mol. The van der Waals surface area contributed by atoms with E-state index in [4.69, 9.17) is 9.47 Å². The smallest absolute Gasteiger partial charge is 0.344 e. The van der Waals surface area contributed by atoms with E-state index in [1.165, 1.54) is 6.42 Å². The maximum absolute atomic E-state index is 12.2. The Kier molecular flexibility index (Phi) is 7.67. The van der Waals surface area contributed by atoms with Crippen LogP contribution in [0, 0.1) is 17.8 Å². The monoisotopic (exact) mass is 408 g/mol. The number of benzene rings is 2. The van der Waals surface area contributed by atoms with Gasteiger partial charge in [0.05, 0.1) is 6.42 Å². The normalized spacial score (nSPS) is 21.3. The molecule has 2 aromatic rings. The molecule has 1 saturated carbocycles. The third-order valence-electron chi connectivity index (χ3n) is 6.00. The lowest BCUT2D eigenvalue weighted by molar-refractivity contribution is -0.166. The highest BCUT2D eigenvalue weighted by Crippen LogP contribution is 2.35. The van der Waals surface area contributed by atoms with Crippen LogP contribution in [0.5, 0.6) is 0 Å². The quantitative estimate of drug-likeness (QED) is 0.572. The number of rotatable bonds is 7. The van der Waals surface area contributed by atoms with Crippen molar-refractivity contribution in [1.82, 2.24) is 0 Å². The largest absolute Gasteiger partial charge is 0.460 e. The van der Waals surface area contributed by atoms with E-state index >= 15 is 0 Å². The van der Waals surface area contributed by atoms with Crippen molar-refractivity contribution >= 4 is 11.9 Å². The van der Waals surface area contributed by atoms with E-state index in [1.54, 1.807) is 0 Å². The molecule has 0 N–H and O–H groups in total. The van der Waals surface area contributed by atoms with Crippen molar-refractivity contribution in [2.45, 2.75) is 52.6 Å². The molecule has 0 bridgehead atoms. The molecule has 4 nitrogen and oxygen atoms in total. The van der Waals surface area contributed by atoms with Crippen molar-refractivity contribution in [2.24, 2.45) is 17.8 Å². The van der Waals surface area contributed by atoms with Crippen LogP contribution in [0.15, 0.2) is 54.6 Å². The molecule has 3 rings (SSSR count). The number of hydrogen-bond acceptors (Lipinski definition) is 4. The van der Waals surface area contributed by atoms with Crippen LogP contribution < -0.4 is 0 Å². The lowest BCUT2D eigenvalue weighted by Crippen LogP contribution is -2.36. The van der Waals surface area contributed by atoms with Gasteiger partial charge in [-0.25, -0.2) is 4.79 Å². The number of carbonyl (C=O) groups excluding carboxylic acids is 2. The van der Waals surface area contributed by atoms with Gasteiger partial charge in [-0.1, -0.05) is 81.8 Å². The average Bonchev–Trinajstić information content (AvgIpc) is 2.73. The van der Waals surface area contributed by atoms with Gasteiger partial charge in [0, 0.05) is 0 Å². The minimum Gasteiger partial charge on any atom is -0.460 e. The topological polar surface area (TPSA) is 52.6 Å². The molecular weight excluding hydrogens is 376 g/mol. The molecule has 1 fully saturated rings. The van der Waals surface area contributed by atoms with Crippen LogP contribution in [0.4, 0.5) is 0 Å². The van der Waals surface area contributed by atoms with Gasteiger partial charge in [-0.3, -0.25) is 4.79 Å². The van der Waals surface area contributed by atoms with Gasteiger partial charge in [-0.15, -0.1) is 0 Å². The summed E-state index contributed by atoms with van der Waals surface area (Å²) in [6.07, 6.45) is 3.20. The molecule has 30 heavy (non-hydrogen) atoms. The number of esters is 2. The van der Waals surface area contributed by atoms with Crippen molar-refractivity contribution < 1.29 is 19.1 Å². The van der Waals surface area contributed by atoms with Gasteiger partial charge in [0.25, 0.3) is 0 Å². The third-order valence-corrected chi connectivity index (χ3v) is 6.00. The second kappa shape index (κ2) is 10.4. The van der Waals surface area contributed by atoms with Gasteiger partial charge in [0.1, 0.15) is 6.10 Å². The lowest BCUT2D eigenvalue weighted by atomic mass is 9.75. The Morgan fingerprint density at radius 2 is 1.60 bits per heavy atom. The Hall–Kier alpha value is -2.62. The van der Waals surface area contributed by atoms with Crippen LogP contribution >= 0.6 is 0 Å². The van der Waals surface area contributed by atoms with Crippen LogP contribution in [-0.2, 0) is 25.5 Å². The van der Waals surface area contributed by atoms with Crippen molar-refractivity contribution in [3.8, 4) is 11.1 Å². The predicted octanol–water partition coefficient (Wildman–Crippen LogP) is 5.44. The summed E-state index contributed by atoms with van der Waals surface area (Å²) >= 11 is 0. The lowest BCUT2D eigenvalue weighted by Gasteiger charge is -2.36. The molecule has 1 aliphatic rings. The zero-order valence-corrected chi connectivity index (χ0v) is 18.2. The summed E-state index contributed by atoms with van der Waals surface area (Å²) < 4.78 is 10.9. The van der Waals surface area contributed by atoms with Crippen molar-refractivity contribution in [2.75, 3.05) is 6.61 Å². The van der Waals surface area contributed by atoms with E-state index in [0.29, 0.717) is 17.8 Å². The molecular formula is C26H32O4. The number of carbonyl (C=O) groups is 2. The molecule has 2 aromatic carbocycles. The van der Waals surface area contributed by atoms with Crippen LogP contribution in [0.25, 0.3) is 11.1 Å². The second-order valence-electron chi connectivity index (χ2n) is 8.75. The van der Waals surface area contributed by atoms with Crippen LogP contribution in [0.1, 0.15) is 45.6 Å². The summed E-state index contributed by atoms with van der Waals surface area (Å²) in [5.74, 6) is 0.532. The zero-order valence-electron chi connectivity index (χ0n) is 18.2. The Labute approximate surface area is 179 Å². The number of hydrogen-bond donors (Lipinski definition) is 0. The van der Waals surface area contributed by atoms with Gasteiger partial charge in [-0.05, 0) is 47.3 Å². The predicted molar refractivity (Wildman–Crippen MR) is 118 cm³/mol. The third kappa shape index (κ3) is 6.19. The van der Waals surface area contributed by atoms with E-state index < -0.39 is 11.9 Å². The fourth-order valence-electron chi connectivity index (χ4n) is 4.26. The molecule has 0 saturated heterocycles. The Morgan fingerprint density at radius 3 is 2.27 bits per heavy atom. The van der Waals surface area contributed by atoms with Gasteiger partial charge >= 0.3 is 11.9 Å². The summed E-state index contributed by atoms with van der Waals surface area (Å²) in [5, 5.41) is 0. The minimum atomic E-state index is -0.451. The Bertz CT molecular complexity index is 826. The van der Waals surface area contributed by atoms with Gasteiger partial charge in [0.2, 0.25) is 0 Å². The molecule has 0 aliphatic heterocycles. The van der Waals surface area contributed by atoms with E-state index in [9.17, 15) is 9.59 Å². The summed E-state index contributed by atoms with van der Waals surface area (Å²) in [7, 11) is 0. The first-order chi connectivity index (χ1) is 14.4. The molecule has 160 valence electrons. The molecule has 3 atom stereocenters. The minimum absolute atomic E-state index is 0.0783. The first-order valence-corrected chi connectivity index (χ1v) is 10.9. The molecule has 4 heteroatoms. The van der Waals surface area contributed by atoms with E-state index in [-0.39, 0.29) is 19.1 Å². The molecule has 0 spiro atoms. The summed E-state index contributed by atoms with van der Waals surface area (Å²) in [6, 6.07) is 17.9. The first kappa shape index (κ1) is 22.1. The SMILES string of the molecule is CC(C)[C@@H]1CC[C@@H](C)C[C@@H]1OC(=O)COC(=O)Cc1ccc(-c2ccccc2)cc1. The molecule has 0 unspecified atom stereocenters. The summed E-state index contributed by atoms with van der Waals surface area (Å²) in [6.45, 7) is 6.21. The summed E-state index contributed by atoms with van der Waals surface area (Å²) in [5.41, 5.74) is 3.08. The van der Waals surface area contributed by atoms with Gasteiger partial charge < -0.3 is 9.47 Å². The molecule has 0 amide bonds. The van der Waals surface area contributed by atoms with Crippen molar-refractivity contribution in [1.29, 1.82) is 0 Å². The molecule has 0 aromatic heterocycles. The Morgan fingerprint density at radius 1 is 0.933 bits per heavy atom. The van der Waals surface area contributed by atoms with E-state index in [1.807, 2.05) is 54.6 Å². The van der Waals surface area contributed by atoms with Crippen molar-refractivity contribution in [3.63, 3.8) is 0 Å². The van der Waals surface area contributed by atoms with E-state index in [2.05, 4.69) is 20.8 Å².